The second-order valence-electron chi connectivity index (χ2n) is 6.07. The zero-order valence-electron chi connectivity index (χ0n) is 17.0. The van der Waals surface area contributed by atoms with Crippen molar-refractivity contribution in [3.8, 4) is 5.75 Å². The van der Waals surface area contributed by atoms with Gasteiger partial charge in [0.1, 0.15) is 11.1 Å². The second kappa shape index (κ2) is 12.7. The average molecular weight is 451 g/mol. The van der Waals surface area contributed by atoms with Crippen LogP contribution in [0.15, 0.2) is 24.3 Å². The Hall–Kier alpha value is -0.830. The van der Waals surface area contributed by atoms with Crippen molar-refractivity contribution in [1.29, 1.82) is 0 Å². The van der Waals surface area contributed by atoms with Crippen molar-refractivity contribution in [2.24, 2.45) is 0 Å². The number of benzene rings is 1. The van der Waals surface area contributed by atoms with E-state index >= 15 is 0 Å². The van der Waals surface area contributed by atoms with Crippen LogP contribution < -0.4 is 14.8 Å². The molecule has 0 radical (unpaired) electrons. The maximum Gasteiger partial charge on any atom is 0.405 e. The Morgan fingerprint density at radius 2 is 1.82 bits per heavy atom. The Labute approximate surface area is 177 Å². The third-order valence-corrected chi connectivity index (χ3v) is 8.62. The van der Waals surface area contributed by atoms with Crippen LogP contribution in [0.3, 0.4) is 0 Å². The van der Waals surface area contributed by atoms with E-state index in [1.807, 2.05) is 58.9 Å². The Balaban J connectivity index is 3.07. The van der Waals surface area contributed by atoms with E-state index in [2.05, 4.69) is 10.0 Å². The lowest BCUT2D eigenvalue weighted by Gasteiger charge is -2.31. The third-order valence-electron chi connectivity index (χ3n) is 3.53. The molecular formula is C18H31N2O5PS2. The molecule has 0 heterocycles. The van der Waals surface area contributed by atoms with E-state index < -0.39 is 18.0 Å². The summed E-state index contributed by atoms with van der Waals surface area (Å²) in [6.45, 7) is 7.98. The highest BCUT2D eigenvalue weighted by molar-refractivity contribution is 8.10. The van der Waals surface area contributed by atoms with Crippen LogP contribution in [-0.2, 0) is 20.9 Å². The van der Waals surface area contributed by atoms with Crippen molar-refractivity contribution in [1.82, 2.24) is 10.0 Å². The molecule has 0 saturated heterocycles. The molecule has 2 unspecified atom stereocenters. The number of ether oxygens (including phenoxy) is 1. The molecule has 1 rings (SSSR count). The molecule has 0 aliphatic rings. The van der Waals surface area contributed by atoms with Crippen molar-refractivity contribution in [3.63, 3.8) is 0 Å². The van der Waals surface area contributed by atoms with Gasteiger partial charge in [-0.2, -0.15) is 0 Å². The van der Waals surface area contributed by atoms with Crippen molar-refractivity contribution in [3.05, 3.63) is 29.8 Å². The van der Waals surface area contributed by atoms with Crippen LogP contribution in [0.1, 0.15) is 52.0 Å². The molecule has 28 heavy (non-hydrogen) atoms. The quantitative estimate of drug-likeness (QED) is 0.217. The van der Waals surface area contributed by atoms with E-state index in [9.17, 15) is 9.90 Å². The molecule has 0 fully saturated rings. The molecule has 0 spiro atoms. The summed E-state index contributed by atoms with van der Waals surface area (Å²) < 4.78 is 20.7. The predicted molar refractivity (Wildman–Crippen MR) is 118 cm³/mol. The van der Waals surface area contributed by atoms with E-state index in [1.165, 1.54) is 11.9 Å². The van der Waals surface area contributed by atoms with Gasteiger partial charge in [0.15, 0.2) is 0 Å². The minimum atomic E-state index is -2.55. The van der Waals surface area contributed by atoms with Crippen molar-refractivity contribution in [2.45, 2.75) is 58.3 Å². The Morgan fingerprint density at radius 1 is 1.21 bits per heavy atom. The fourth-order valence-corrected chi connectivity index (χ4v) is 7.15. The Bertz CT molecular complexity index is 653. The lowest BCUT2D eigenvalue weighted by atomic mass is 10.2. The van der Waals surface area contributed by atoms with Crippen LogP contribution in [0.2, 0.25) is 0 Å². The first-order valence-corrected chi connectivity index (χ1v) is 12.9. The molecule has 10 heteroatoms. The van der Waals surface area contributed by atoms with Gasteiger partial charge in [-0.1, -0.05) is 37.1 Å². The monoisotopic (exact) mass is 450 g/mol. The molecule has 0 aliphatic heterocycles. The lowest BCUT2D eigenvalue weighted by molar-refractivity contribution is 0.193. The average Bonchev–Trinajstić information content (AvgIpc) is 2.61. The molecule has 0 saturated carbocycles. The van der Waals surface area contributed by atoms with Gasteiger partial charge in [-0.15, -0.1) is 0 Å². The lowest BCUT2D eigenvalue weighted by Crippen LogP contribution is -2.31. The summed E-state index contributed by atoms with van der Waals surface area (Å²) in [6, 6.07) is 7.38. The summed E-state index contributed by atoms with van der Waals surface area (Å²) >= 11 is 6.92. The Kier molecular flexibility index (Phi) is 11.4. The molecule has 1 aromatic carbocycles. The van der Waals surface area contributed by atoms with Crippen LogP contribution in [0.5, 0.6) is 5.75 Å². The molecule has 7 nitrogen and oxygen atoms in total. The number of carbonyl (C=O) groups is 1. The van der Waals surface area contributed by atoms with Crippen LogP contribution in [-0.4, -0.2) is 36.3 Å². The number of rotatable bonds is 13. The van der Waals surface area contributed by atoms with Gasteiger partial charge >= 0.3 is 6.09 Å². The van der Waals surface area contributed by atoms with Crippen molar-refractivity contribution < 1.29 is 23.7 Å². The maximum atomic E-state index is 11.4. The standard InChI is InChI=1S/C18H31N2O5PS2/c1-6-16(26(27,23-7-2)24-8-3)20-28-17(19-18(21)22)14-11-9-10-12-15(14)25-13(4)5/h9-13,16-17,19-20H,6-8H2,1-5H3,(H,21,22). The molecule has 0 bridgehead atoms. The fourth-order valence-electron chi connectivity index (χ4n) is 2.44. The van der Waals surface area contributed by atoms with Gasteiger partial charge in [-0.3, -0.25) is 0 Å². The zero-order valence-corrected chi connectivity index (χ0v) is 19.5. The molecular weight excluding hydrogens is 419 g/mol. The molecule has 0 aliphatic carbocycles. The molecule has 2 atom stereocenters. The van der Waals surface area contributed by atoms with Gasteiger partial charge in [0.2, 0.25) is 6.49 Å². The summed E-state index contributed by atoms with van der Waals surface area (Å²) in [6.07, 6.45) is -0.468. The first-order valence-electron chi connectivity index (χ1n) is 9.32. The summed E-state index contributed by atoms with van der Waals surface area (Å²) in [5.41, 5.74) is 0.729. The minimum Gasteiger partial charge on any atom is -0.491 e. The molecule has 3 N–H and O–H groups in total. The summed E-state index contributed by atoms with van der Waals surface area (Å²) in [5.74, 6) is 0.413. The largest absolute Gasteiger partial charge is 0.491 e. The Morgan fingerprint density at radius 3 is 2.32 bits per heavy atom. The third kappa shape index (κ3) is 7.89. The van der Waals surface area contributed by atoms with E-state index in [1.54, 1.807) is 0 Å². The molecule has 1 aromatic rings. The van der Waals surface area contributed by atoms with Gasteiger partial charge in [0, 0.05) is 5.56 Å². The van der Waals surface area contributed by atoms with Gasteiger partial charge < -0.3 is 24.2 Å². The second-order valence-corrected chi connectivity index (χ2v) is 10.8. The number of hydrogen-bond acceptors (Lipinski definition) is 7. The van der Waals surface area contributed by atoms with Crippen LogP contribution >= 0.6 is 18.4 Å². The highest BCUT2D eigenvalue weighted by Crippen LogP contribution is 2.54. The van der Waals surface area contributed by atoms with Crippen molar-refractivity contribution >= 4 is 36.3 Å². The smallest absolute Gasteiger partial charge is 0.405 e. The number of hydrogen-bond donors (Lipinski definition) is 3. The molecule has 0 aromatic heterocycles. The molecule has 160 valence electrons. The number of nitrogens with one attached hydrogen (secondary N) is 2. The minimum absolute atomic E-state index is 0.0323. The van der Waals surface area contributed by atoms with Crippen LogP contribution in [0, 0.1) is 0 Å². The van der Waals surface area contributed by atoms with E-state index in [0.717, 1.165) is 5.56 Å². The van der Waals surface area contributed by atoms with E-state index in [0.29, 0.717) is 25.4 Å². The highest BCUT2D eigenvalue weighted by Gasteiger charge is 2.31. The number of amides is 1. The first kappa shape index (κ1) is 25.2. The topological polar surface area (TPSA) is 89.1 Å². The van der Waals surface area contributed by atoms with Crippen LogP contribution in [0.25, 0.3) is 0 Å². The fraction of sp³-hybridized carbons (Fsp3) is 0.611. The zero-order chi connectivity index (χ0) is 21.2. The molecule has 1 amide bonds. The van der Waals surface area contributed by atoms with Crippen molar-refractivity contribution in [2.75, 3.05) is 13.2 Å². The number of para-hydroxylation sites is 1. The van der Waals surface area contributed by atoms with E-state index in [-0.39, 0.29) is 11.9 Å². The van der Waals surface area contributed by atoms with Gasteiger partial charge in [0.05, 0.1) is 25.1 Å². The predicted octanol–water partition coefficient (Wildman–Crippen LogP) is 5.10. The van der Waals surface area contributed by atoms with Gasteiger partial charge in [-0.05, 0) is 52.0 Å². The van der Waals surface area contributed by atoms with Gasteiger partial charge in [0.25, 0.3) is 0 Å². The SMILES string of the molecule is CCOP(=S)(OCC)C(CC)NSC(NC(=O)O)c1ccccc1OC(C)C. The normalized spacial score (nSPS) is 13.9. The van der Waals surface area contributed by atoms with E-state index in [4.69, 9.17) is 25.6 Å². The first-order chi connectivity index (χ1) is 13.3. The summed E-state index contributed by atoms with van der Waals surface area (Å²) in [5, 5.41) is 11.3. The summed E-state index contributed by atoms with van der Waals surface area (Å²) in [4.78, 5) is 11.4. The van der Waals surface area contributed by atoms with Crippen LogP contribution in [0.4, 0.5) is 4.79 Å². The van der Waals surface area contributed by atoms with Gasteiger partial charge in [-0.25, -0.2) is 9.52 Å². The maximum absolute atomic E-state index is 11.4. The summed E-state index contributed by atoms with van der Waals surface area (Å²) in [7, 11) is 0. The highest BCUT2D eigenvalue weighted by atomic mass is 32.5. The number of carboxylic acid groups (broad SMARTS) is 1.